The summed E-state index contributed by atoms with van der Waals surface area (Å²) in [6.07, 6.45) is 3.78. The fourth-order valence-corrected chi connectivity index (χ4v) is 3.93. The van der Waals surface area contributed by atoms with Crippen LogP contribution >= 0.6 is 0 Å². The van der Waals surface area contributed by atoms with Crippen molar-refractivity contribution in [2.45, 2.75) is 20.0 Å². The Bertz CT molecular complexity index is 1440. The van der Waals surface area contributed by atoms with Crippen LogP contribution in [-0.2, 0) is 13.1 Å². The van der Waals surface area contributed by atoms with E-state index in [1.54, 1.807) is 30.3 Å². The third kappa shape index (κ3) is 5.04. The van der Waals surface area contributed by atoms with Crippen molar-refractivity contribution in [3.05, 3.63) is 114 Å². The van der Waals surface area contributed by atoms with Crippen molar-refractivity contribution < 1.29 is 9.21 Å². The van der Waals surface area contributed by atoms with Crippen LogP contribution < -0.4 is 0 Å². The van der Waals surface area contributed by atoms with E-state index in [-0.39, 0.29) is 5.91 Å². The Kier molecular flexibility index (Phi) is 6.22. The lowest BCUT2D eigenvalue weighted by Crippen LogP contribution is -2.26. The molecule has 5 aromatic rings. The molecule has 0 aliphatic rings. The zero-order chi connectivity index (χ0) is 24.2. The van der Waals surface area contributed by atoms with Crippen molar-refractivity contribution in [2.75, 3.05) is 7.05 Å². The number of carbonyl (C=O) groups excluding carboxylic acids is 1. The Balaban J connectivity index is 1.23. The van der Waals surface area contributed by atoms with Gasteiger partial charge >= 0.3 is 0 Å². The predicted octanol–water partition coefficient (Wildman–Crippen LogP) is 5.23. The largest absolute Gasteiger partial charge is 0.416 e. The average Bonchev–Trinajstić information content (AvgIpc) is 3.54. The van der Waals surface area contributed by atoms with Crippen LogP contribution in [0.1, 0.15) is 27.0 Å². The first-order valence-electron chi connectivity index (χ1n) is 11.4. The Morgan fingerprint density at radius 1 is 0.886 bits per heavy atom. The number of hydrogen-bond donors (Lipinski definition) is 0. The topological polar surface area (TPSA) is 77.1 Å². The maximum Gasteiger partial charge on any atom is 0.253 e. The molecule has 0 bridgehead atoms. The molecular formula is C28H25N5O2. The van der Waals surface area contributed by atoms with Gasteiger partial charge in [0.15, 0.2) is 0 Å². The van der Waals surface area contributed by atoms with Gasteiger partial charge in [-0.15, -0.1) is 10.2 Å². The van der Waals surface area contributed by atoms with Crippen LogP contribution in [-0.4, -0.2) is 37.8 Å². The Labute approximate surface area is 203 Å². The number of carbonyl (C=O) groups is 1. The summed E-state index contributed by atoms with van der Waals surface area (Å²) < 4.78 is 7.76. The maximum atomic E-state index is 13.0. The van der Waals surface area contributed by atoms with E-state index in [2.05, 4.69) is 27.4 Å². The highest BCUT2D eigenvalue weighted by Gasteiger charge is 2.16. The van der Waals surface area contributed by atoms with Gasteiger partial charge in [0.05, 0.1) is 12.7 Å². The second-order valence-electron chi connectivity index (χ2n) is 8.50. The van der Waals surface area contributed by atoms with E-state index in [4.69, 9.17) is 4.42 Å². The zero-order valence-electron chi connectivity index (χ0n) is 19.6. The lowest BCUT2D eigenvalue weighted by molar-refractivity contribution is 0.0785. The SMILES string of the molecule is Cc1ccccc1-c1nnc(-c2ccc(C(=O)N(C)Cc3cnn(Cc4ccccc4)c3)cc2)o1. The highest BCUT2D eigenvalue weighted by atomic mass is 16.4. The quantitative estimate of drug-likeness (QED) is 0.330. The summed E-state index contributed by atoms with van der Waals surface area (Å²) >= 11 is 0. The standard InChI is InChI=1S/C28H25N5O2/c1-20-8-6-7-11-25(20)27-31-30-26(35-27)23-12-14-24(15-13-23)28(34)32(2)17-22-16-29-33(19-22)18-21-9-4-3-5-10-21/h3-16,19H,17-18H2,1-2H3. The van der Waals surface area contributed by atoms with Gasteiger partial charge in [0, 0.05) is 42.0 Å². The van der Waals surface area contributed by atoms with Crippen molar-refractivity contribution in [1.29, 1.82) is 0 Å². The average molecular weight is 464 g/mol. The van der Waals surface area contributed by atoms with Crippen LogP contribution in [0.4, 0.5) is 0 Å². The van der Waals surface area contributed by atoms with Crippen LogP contribution in [0.25, 0.3) is 22.9 Å². The molecule has 0 saturated carbocycles. The summed E-state index contributed by atoms with van der Waals surface area (Å²) in [7, 11) is 1.79. The third-order valence-corrected chi connectivity index (χ3v) is 5.82. The molecule has 7 nitrogen and oxygen atoms in total. The molecule has 2 heterocycles. The van der Waals surface area contributed by atoms with Crippen LogP contribution in [0, 0.1) is 6.92 Å². The Hall–Kier alpha value is -4.52. The number of benzene rings is 3. The second kappa shape index (κ2) is 9.77. The molecule has 0 N–H and O–H groups in total. The molecule has 0 atom stereocenters. The predicted molar refractivity (Wildman–Crippen MR) is 133 cm³/mol. The molecule has 2 aromatic heterocycles. The summed E-state index contributed by atoms with van der Waals surface area (Å²) in [5.41, 5.74) is 5.48. The van der Waals surface area contributed by atoms with Gasteiger partial charge in [0.1, 0.15) is 0 Å². The van der Waals surface area contributed by atoms with E-state index in [1.165, 1.54) is 5.56 Å². The van der Waals surface area contributed by atoms with Crippen LogP contribution in [0.5, 0.6) is 0 Å². The lowest BCUT2D eigenvalue weighted by atomic mass is 10.1. The summed E-state index contributed by atoms with van der Waals surface area (Å²) in [6.45, 7) is 3.17. The molecule has 3 aromatic carbocycles. The van der Waals surface area contributed by atoms with E-state index < -0.39 is 0 Å². The van der Waals surface area contributed by atoms with Crippen molar-refractivity contribution in [2.24, 2.45) is 0 Å². The number of amides is 1. The van der Waals surface area contributed by atoms with E-state index in [1.807, 2.05) is 72.4 Å². The molecule has 0 aliphatic carbocycles. The number of aromatic nitrogens is 4. The number of rotatable bonds is 7. The third-order valence-electron chi connectivity index (χ3n) is 5.82. The van der Waals surface area contributed by atoms with Gasteiger partial charge in [-0.3, -0.25) is 9.48 Å². The van der Waals surface area contributed by atoms with Gasteiger partial charge in [0.2, 0.25) is 11.8 Å². The Morgan fingerprint density at radius 2 is 1.60 bits per heavy atom. The molecular weight excluding hydrogens is 438 g/mol. The molecule has 174 valence electrons. The minimum atomic E-state index is -0.0708. The maximum absolute atomic E-state index is 13.0. The second-order valence-corrected chi connectivity index (χ2v) is 8.50. The molecule has 0 unspecified atom stereocenters. The molecule has 35 heavy (non-hydrogen) atoms. The van der Waals surface area contributed by atoms with Crippen LogP contribution in [0.15, 0.2) is 95.7 Å². The normalized spacial score (nSPS) is 10.9. The molecule has 0 radical (unpaired) electrons. The van der Waals surface area contributed by atoms with E-state index >= 15 is 0 Å². The fourth-order valence-electron chi connectivity index (χ4n) is 3.93. The van der Waals surface area contributed by atoms with E-state index in [0.29, 0.717) is 30.4 Å². The number of hydrogen-bond acceptors (Lipinski definition) is 5. The van der Waals surface area contributed by atoms with Crippen LogP contribution in [0.3, 0.4) is 0 Å². The smallest absolute Gasteiger partial charge is 0.253 e. The monoisotopic (exact) mass is 463 g/mol. The highest BCUT2D eigenvalue weighted by Crippen LogP contribution is 2.26. The molecule has 1 amide bonds. The van der Waals surface area contributed by atoms with Gasteiger partial charge in [0.25, 0.3) is 5.91 Å². The summed E-state index contributed by atoms with van der Waals surface area (Å²) in [4.78, 5) is 14.7. The first kappa shape index (κ1) is 22.3. The van der Waals surface area contributed by atoms with Crippen molar-refractivity contribution in [3.8, 4) is 22.9 Å². The van der Waals surface area contributed by atoms with Gasteiger partial charge in [-0.25, -0.2) is 0 Å². The van der Waals surface area contributed by atoms with Gasteiger partial charge in [-0.1, -0.05) is 48.5 Å². The number of aryl methyl sites for hydroxylation is 1. The van der Waals surface area contributed by atoms with Crippen molar-refractivity contribution in [1.82, 2.24) is 24.9 Å². The van der Waals surface area contributed by atoms with Crippen molar-refractivity contribution in [3.63, 3.8) is 0 Å². The van der Waals surface area contributed by atoms with Crippen molar-refractivity contribution >= 4 is 5.91 Å². The lowest BCUT2D eigenvalue weighted by Gasteiger charge is -2.16. The number of nitrogens with zero attached hydrogens (tertiary/aromatic N) is 5. The highest BCUT2D eigenvalue weighted by molar-refractivity contribution is 5.94. The minimum absolute atomic E-state index is 0.0708. The minimum Gasteiger partial charge on any atom is -0.416 e. The van der Waals surface area contributed by atoms with E-state index in [9.17, 15) is 4.79 Å². The molecule has 0 spiro atoms. The van der Waals surface area contributed by atoms with Gasteiger partial charge in [-0.2, -0.15) is 5.10 Å². The molecule has 5 rings (SSSR count). The summed E-state index contributed by atoms with van der Waals surface area (Å²) in [5.74, 6) is 0.825. The molecule has 0 aliphatic heterocycles. The first-order valence-corrected chi connectivity index (χ1v) is 11.4. The fraction of sp³-hybridized carbons (Fsp3) is 0.143. The molecule has 0 fully saturated rings. The Morgan fingerprint density at radius 3 is 2.37 bits per heavy atom. The molecule has 0 saturated heterocycles. The first-order chi connectivity index (χ1) is 17.1. The van der Waals surface area contributed by atoms with Gasteiger partial charge < -0.3 is 9.32 Å². The molecule has 7 heteroatoms. The van der Waals surface area contributed by atoms with Gasteiger partial charge in [-0.05, 0) is 48.4 Å². The van der Waals surface area contributed by atoms with E-state index in [0.717, 1.165) is 22.3 Å². The summed E-state index contributed by atoms with van der Waals surface area (Å²) in [5, 5.41) is 12.8. The zero-order valence-corrected chi connectivity index (χ0v) is 19.6. The van der Waals surface area contributed by atoms with Crippen LogP contribution in [0.2, 0.25) is 0 Å². The summed E-state index contributed by atoms with van der Waals surface area (Å²) in [6, 6.07) is 25.2.